The molecule has 0 aliphatic carbocycles. The summed E-state index contributed by atoms with van der Waals surface area (Å²) in [7, 11) is 2.44. The number of furan rings is 1. The number of aromatic nitrogens is 1. The second-order valence-electron chi connectivity index (χ2n) is 8.40. The molecule has 8 nitrogen and oxygen atoms in total. The molecule has 0 radical (unpaired) electrons. The number of hydrogen-bond acceptors (Lipinski definition) is 8. The quantitative estimate of drug-likeness (QED) is 0.397. The lowest BCUT2D eigenvalue weighted by molar-refractivity contribution is 0.0529. The van der Waals surface area contributed by atoms with Crippen molar-refractivity contribution in [2.75, 3.05) is 19.1 Å². The van der Waals surface area contributed by atoms with Gasteiger partial charge in [0, 0.05) is 17.4 Å². The van der Waals surface area contributed by atoms with Gasteiger partial charge >= 0.3 is 11.9 Å². The molecule has 0 fully saturated rings. The number of benzene rings is 2. The number of aryl methyl sites for hydroxylation is 1. The fourth-order valence-electron chi connectivity index (χ4n) is 4.61. The molecular formula is C28H24N2O6. The Balaban J connectivity index is 1.93. The first-order valence-electron chi connectivity index (χ1n) is 11.3. The highest BCUT2D eigenvalue weighted by Gasteiger charge is 2.44. The molecule has 1 aliphatic rings. The van der Waals surface area contributed by atoms with Crippen molar-refractivity contribution in [3.63, 3.8) is 0 Å². The maximum absolute atomic E-state index is 13.2. The minimum absolute atomic E-state index is 0.0928. The van der Waals surface area contributed by atoms with E-state index < -0.39 is 24.1 Å². The summed E-state index contributed by atoms with van der Waals surface area (Å²) in [6.45, 7) is 1.96. The molecule has 2 atom stereocenters. The Morgan fingerprint density at radius 3 is 2.31 bits per heavy atom. The van der Waals surface area contributed by atoms with Gasteiger partial charge in [-0.3, -0.25) is 4.98 Å². The van der Waals surface area contributed by atoms with E-state index in [0.717, 1.165) is 5.56 Å². The highest BCUT2D eigenvalue weighted by molar-refractivity contribution is 6.09. The predicted molar refractivity (Wildman–Crippen MR) is 132 cm³/mol. The van der Waals surface area contributed by atoms with Crippen LogP contribution in [0.4, 0.5) is 11.4 Å². The summed E-state index contributed by atoms with van der Waals surface area (Å²) in [5.74, 6) is -1.63. The van der Waals surface area contributed by atoms with E-state index in [-0.39, 0.29) is 22.8 Å². The first-order valence-corrected chi connectivity index (χ1v) is 11.3. The highest BCUT2D eigenvalue weighted by Crippen LogP contribution is 2.53. The van der Waals surface area contributed by atoms with Crippen molar-refractivity contribution in [2.24, 2.45) is 0 Å². The van der Waals surface area contributed by atoms with Crippen molar-refractivity contribution in [1.29, 1.82) is 0 Å². The average molecular weight is 485 g/mol. The number of aliphatic hydroxyl groups excluding tert-OH is 1. The Labute approximate surface area is 207 Å². The van der Waals surface area contributed by atoms with Gasteiger partial charge in [0.2, 0.25) is 5.76 Å². The average Bonchev–Trinajstić information content (AvgIpc) is 3.27. The van der Waals surface area contributed by atoms with Crippen LogP contribution in [-0.4, -0.2) is 36.2 Å². The van der Waals surface area contributed by atoms with Gasteiger partial charge in [0.15, 0.2) is 5.76 Å². The van der Waals surface area contributed by atoms with Crippen molar-refractivity contribution >= 4 is 23.3 Å². The molecule has 3 heterocycles. The Kier molecular flexibility index (Phi) is 6.03. The summed E-state index contributed by atoms with van der Waals surface area (Å²) in [4.78, 5) is 32.3. The third-order valence-electron chi connectivity index (χ3n) is 6.29. The van der Waals surface area contributed by atoms with Gasteiger partial charge in [0.05, 0.1) is 19.9 Å². The van der Waals surface area contributed by atoms with Crippen LogP contribution in [0.3, 0.4) is 0 Å². The molecule has 5 rings (SSSR count). The van der Waals surface area contributed by atoms with Gasteiger partial charge in [-0.15, -0.1) is 0 Å². The van der Waals surface area contributed by atoms with E-state index in [4.69, 9.17) is 13.9 Å². The van der Waals surface area contributed by atoms with Gasteiger partial charge < -0.3 is 23.9 Å². The predicted octanol–water partition coefficient (Wildman–Crippen LogP) is 5.15. The van der Waals surface area contributed by atoms with E-state index >= 15 is 0 Å². The minimum atomic E-state index is -1.06. The maximum atomic E-state index is 13.2. The molecule has 2 aromatic carbocycles. The molecule has 0 spiro atoms. The van der Waals surface area contributed by atoms with E-state index in [9.17, 15) is 14.7 Å². The number of carbonyl (C=O) groups excluding carboxylic acids is 2. The summed E-state index contributed by atoms with van der Waals surface area (Å²) >= 11 is 0. The minimum Gasteiger partial charge on any atom is -0.465 e. The number of pyridine rings is 1. The third-order valence-corrected chi connectivity index (χ3v) is 6.29. The van der Waals surface area contributed by atoms with Gasteiger partial charge in [0.1, 0.15) is 23.4 Å². The fourth-order valence-corrected chi connectivity index (χ4v) is 4.61. The summed E-state index contributed by atoms with van der Waals surface area (Å²) in [5.41, 5.74) is 3.54. The van der Waals surface area contributed by atoms with Crippen LogP contribution in [0.1, 0.15) is 49.9 Å². The van der Waals surface area contributed by atoms with E-state index in [1.54, 1.807) is 35.4 Å². The van der Waals surface area contributed by atoms with Crippen LogP contribution < -0.4 is 4.90 Å². The van der Waals surface area contributed by atoms with Crippen molar-refractivity contribution in [2.45, 2.75) is 19.1 Å². The van der Waals surface area contributed by atoms with Crippen LogP contribution in [0.2, 0.25) is 0 Å². The number of methoxy groups -OCH3 is 2. The summed E-state index contributed by atoms with van der Waals surface area (Å²) < 4.78 is 16.1. The zero-order chi connectivity index (χ0) is 25.4. The molecule has 0 saturated heterocycles. The fraction of sp³-hybridized carbons (Fsp3) is 0.179. The standard InChI is InChI=1S/C28H24N2O6/c1-16-11-13-17(14-12-16)30-22(20-10-6-7-15-29-20)24(31)18-8-4-5-9-19(18)25-23(30)21(27(32)34-2)26(36-25)28(33)35-3/h4-15,22,24,31H,1-3H3/t22-,24+/m1/s1. The molecule has 36 heavy (non-hydrogen) atoms. The number of fused-ring (bicyclic) bond motifs is 3. The Morgan fingerprint density at radius 2 is 1.64 bits per heavy atom. The summed E-state index contributed by atoms with van der Waals surface area (Å²) in [6.07, 6.45) is 0.580. The lowest BCUT2D eigenvalue weighted by Gasteiger charge is -2.35. The van der Waals surface area contributed by atoms with Crippen LogP contribution in [0, 0.1) is 6.92 Å². The first kappa shape index (κ1) is 23.3. The smallest absolute Gasteiger partial charge is 0.374 e. The van der Waals surface area contributed by atoms with Crippen molar-refractivity contribution in [1.82, 2.24) is 4.98 Å². The number of esters is 2. The third kappa shape index (κ3) is 3.72. The van der Waals surface area contributed by atoms with Gasteiger partial charge in [-0.2, -0.15) is 0 Å². The lowest BCUT2D eigenvalue weighted by Crippen LogP contribution is -2.30. The highest BCUT2D eigenvalue weighted by atomic mass is 16.5. The van der Waals surface area contributed by atoms with Gasteiger partial charge in [-0.05, 0) is 36.8 Å². The number of hydrogen-bond donors (Lipinski definition) is 1. The zero-order valence-electron chi connectivity index (χ0n) is 20.0. The summed E-state index contributed by atoms with van der Waals surface area (Å²) in [5, 5.41) is 11.8. The molecule has 1 N–H and O–H groups in total. The second kappa shape index (κ2) is 9.31. The van der Waals surface area contributed by atoms with Gasteiger partial charge in [-0.25, -0.2) is 9.59 Å². The molecule has 4 aromatic rings. The molecule has 0 unspecified atom stereocenters. The lowest BCUT2D eigenvalue weighted by atomic mass is 9.95. The van der Waals surface area contributed by atoms with E-state index in [1.165, 1.54) is 14.2 Å². The molecule has 0 saturated carbocycles. The molecule has 1 aliphatic heterocycles. The van der Waals surface area contributed by atoms with Crippen molar-refractivity contribution < 1.29 is 28.6 Å². The topological polar surface area (TPSA) is 102 Å². The van der Waals surface area contributed by atoms with Gasteiger partial charge in [0.25, 0.3) is 0 Å². The van der Waals surface area contributed by atoms with Crippen LogP contribution in [0.15, 0.2) is 77.3 Å². The Hall–Kier alpha value is -4.43. The largest absolute Gasteiger partial charge is 0.465 e. The molecule has 2 aromatic heterocycles. The number of aliphatic hydroxyl groups is 1. The monoisotopic (exact) mass is 484 g/mol. The van der Waals surface area contributed by atoms with Crippen LogP contribution in [-0.2, 0) is 9.47 Å². The molecule has 0 amide bonds. The number of anilines is 2. The number of rotatable bonds is 4. The van der Waals surface area contributed by atoms with E-state index in [2.05, 4.69) is 4.98 Å². The van der Waals surface area contributed by atoms with Crippen LogP contribution >= 0.6 is 0 Å². The number of carbonyl (C=O) groups is 2. The SMILES string of the molecule is COC(=O)c1oc2c(c1C(=O)OC)N(c1ccc(C)cc1)[C@H](c1ccccn1)[C@@H](O)c1ccccc1-2. The normalized spacial score (nSPS) is 16.5. The van der Waals surface area contributed by atoms with Gasteiger partial charge in [-0.1, -0.05) is 48.0 Å². The number of nitrogens with zero attached hydrogens (tertiary/aromatic N) is 2. The molecule has 182 valence electrons. The molecular weight excluding hydrogens is 460 g/mol. The van der Waals surface area contributed by atoms with Crippen molar-refractivity contribution in [3.8, 4) is 11.3 Å². The Bertz CT molecular complexity index is 1430. The maximum Gasteiger partial charge on any atom is 0.374 e. The van der Waals surface area contributed by atoms with E-state index in [1.807, 2.05) is 49.4 Å². The Morgan fingerprint density at radius 1 is 0.944 bits per heavy atom. The van der Waals surface area contributed by atoms with Crippen molar-refractivity contribution in [3.05, 3.63) is 101 Å². The molecule has 8 heteroatoms. The first-order chi connectivity index (χ1) is 17.5. The van der Waals surface area contributed by atoms with Crippen LogP contribution in [0.25, 0.3) is 11.3 Å². The zero-order valence-corrected chi connectivity index (χ0v) is 20.0. The van der Waals surface area contributed by atoms with E-state index in [0.29, 0.717) is 22.5 Å². The number of ether oxygens (including phenoxy) is 2. The van der Waals surface area contributed by atoms with Crippen LogP contribution in [0.5, 0.6) is 0 Å². The molecule has 0 bridgehead atoms. The summed E-state index contributed by atoms with van der Waals surface area (Å²) in [6, 6.07) is 19.4. The second-order valence-corrected chi connectivity index (χ2v) is 8.40.